The van der Waals surface area contributed by atoms with Crippen LogP contribution in [-0.4, -0.2) is 22.1 Å². The minimum atomic E-state index is 0.249. The molecule has 2 N–H and O–H groups in total. The van der Waals surface area contributed by atoms with E-state index < -0.39 is 0 Å². The highest BCUT2D eigenvalue weighted by atomic mass is 16.5. The number of nitrogens with two attached hydrogens (primary N) is 1. The average molecular weight is 232 g/mol. The monoisotopic (exact) mass is 232 g/mol. The molecule has 0 aliphatic rings. The van der Waals surface area contributed by atoms with E-state index in [9.17, 15) is 0 Å². The first-order valence-electron chi connectivity index (χ1n) is 5.49. The quantitative estimate of drug-likeness (QED) is 0.878. The molecular weight excluding hydrogens is 216 g/mol. The number of hydrogen-bond acceptors (Lipinski definition) is 4. The molecule has 1 heterocycles. The molecule has 1 aromatic carbocycles. The van der Waals surface area contributed by atoms with E-state index in [2.05, 4.69) is 10.3 Å². The number of anilines is 1. The lowest BCUT2D eigenvalue weighted by molar-refractivity contribution is 0.411. The van der Waals surface area contributed by atoms with Crippen LogP contribution >= 0.6 is 0 Å². The van der Waals surface area contributed by atoms with E-state index >= 15 is 0 Å². The molecule has 0 fully saturated rings. The Balaban J connectivity index is 2.53. The second-order valence-electron chi connectivity index (χ2n) is 4.10. The lowest BCUT2D eigenvalue weighted by Crippen LogP contribution is -2.05. The van der Waals surface area contributed by atoms with Crippen LogP contribution in [0.1, 0.15) is 25.5 Å². The molecule has 5 nitrogen and oxygen atoms in total. The van der Waals surface area contributed by atoms with Crippen molar-refractivity contribution in [3.05, 3.63) is 30.0 Å². The summed E-state index contributed by atoms with van der Waals surface area (Å²) in [5.41, 5.74) is 7.64. The Morgan fingerprint density at radius 3 is 2.59 bits per heavy atom. The van der Waals surface area contributed by atoms with Gasteiger partial charge in [0.15, 0.2) is 5.82 Å². The number of rotatable bonds is 3. The summed E-state index contributed by atoms with van der Waals surface area (Å²) in [5.74, 6) is 1.53. The van der Waals surface area contributed by atoms with Crippen molar-refractivity contribution < 1.29 is 4.74 Å². The maximum atomic E-state index is 6.04. The molecule has 2 rings (SSSR count). The molecule has 0 amide bonds. The Hall–Kier alpha value is -2.04. The molecule has 0 bridgehead atoms. The van der Waals surface area contributed by atoms with Crippen molar-refractivity contribution in [2.45, 2.75) is 19.8 Å². The summed E-state index contributed by atoms with van der Waals surface area (Å²) in [6.07, 6.45) is 0. The summed E-state index contributed by atoms with van der Waals surface area (Å²) in [6, 6.07) is 7.58. The van der Waals surface area contributed by atoms with Gasteiger partial charge >= 0.3 is 0 Å². The van der Waals surface area contributed by atoms with Crippen LogP contribution in [0.15, 0.2) is 24.3 Å². The molecule has 1 aromatic heterocycles. The van der Waals surface area contributed by atoms with Crippen LogP contribution < -0.4 is 10.5 Å². The molecule has 0 saturated heterocycles. The van der Waals surface area contributed by atoms with Gasteiger partial charge in [0.2, 0.25) is 0 Å². The van der Waals surface area contributed by atoms with E-state index in [1.807, 2.05) is 38.1 Å². The second-order valence-corrected chi connectivity index (χ2v) is 4.10. The molecule has 0 radical (unpaired) electrons. The third-order valence-electron chi connectivity index (χ3n) is 2.59. The predicted octanol–water partition coefficient (Wildman–Crippen LogP) is 1.98. The van der Waals surface area contributed by atoms with Gasteiger partial charge in [-0.3, -0.25) is 0 Å². The van der Waals surface area contributed by atoms with Crippen molar-refractivity contribution in [1.82, 2.24) is 15.0 Å². The standard InChI is InChI=1S/C12H16N4O/c1-8(2)11-12(13)16(15-14-11)9-6-4-5-7-10(9)17-3/h4-8H,13H2,1-3H3. The van der Waals surface area contributed by atoms with Crippen molar-refractivity contribution in [3.8, 4) is 11.4 Å². The molecule has 0 spiro atoms. The lowest BCUT2D eigenvalue weighted by Gasteiger charge is -2.09. The Bertz CT molecular complexity index is 519. The third-order valence-corrected chi connectivity index (χ3v) is 2.59. The Labute approximate surface area is 100 Å². The molecular formula is C12H16N4O. The molecule has 5 heteroatoms. The zero-order valence-electron chi connectivity index (χ0n) is 10.2. The van der Waals surface area contributed by atoms with E-state index in [1.165, 1.54) is 0 Å². The highest BCUT2D eigenvalue weighted by Gasteiger charge is 2.15. The van der Waals surface area contributed by atoms with Crippen LogP contribution in [0, 0.1) is 0 Å². The van der Waals surface area contributed by atoms with Crippen molar-refractivity contribution in [1.29, 1.82) is 0 Å². The van der Waals surface area contributed by atoms with Gasteiger partial charge in [0.25, 0.3) is 0 Å². The molecule has 0 aliphatic carbocycles. The van der Waals surface area contributed by atoms with E-state index in [0.29, 0.717) is 5.82 Å². The van der Waals surface area contributed by atoms with Gasteiger partial charge < -0.3 is 10.5 Å². The van der Waals surface area contributed by atoms with Gasteiger partial charge in [-0.2, -0.15) is 4.68 Å². The Morgan fingerprint density at radius 2 is 2.00 bits per heavy atom. The topological polar surface area (TPSA) is 66.0 Å². The number of para-hydroxylation sites is 2. The molecule has 0 atom stereocenters. The summed E-state index contributed by atoms with van der Waals surface area (Å²) < 4.78 is 6.89. The van der Waals surface area contributed by atoms with Crippen LogP contribution in [0.2, 0.25) is 0 Å². The normalized spacial score (nSPS) is 10.8. The molecule has 0 saturated carbocycles. The van der Waals surface area contributed by atoms with Crippen LogP contribution in [0.25, 0.3) is 5.69 Å². The van der Waals surface area contributed by atoms with Gasteiger partial charge in [0.1, 0.15) is 17.1 Å². The first-order valence-corrected chi connectivity index (χ1v) is 5.49. The van der Waals surface area contributed by atoms with Crippen molar-refractivity contribution in [2.24, 2.45) is 0 Å². The minimum absolute atomic E-state index is 0.249. The SMILES string of the molecule is COc1ccccc1-n1nnc(C(C)C)c1N. The number of aromatic nitrogens is 3. The molecule has 17 heavy (non-hydrogen) atoms. The smallest absolute Gasteiger partial charge is 0.151 e. The summed E-state index contributed by atoms with van der Waals surface area (Å²) in [6.45, 7) is 4.07. The molecule has 0 unspecified atom stereocenters. The van der Waals surface area contributed by atoms with Gasteiger partial charge in [-0.15, -0.1) is 5.10 Å². The zero-order valence-corrected chi connectivity index (χ0v) is 10.2. The molecule has 0 aliphatic heterocycles. The minimum Gasteiger partial charge on any atom is -0.494 e. The number of nitrogens with zero attached hydrogens (tertiary/aromatic N) is 3. The van der Waals surface area contributed by atoms with Crippen LogP contribution in [-0.2, 0) is 0 Å². The molecule has 90 valence electrons. The average Bonchev–Trinajstić information content (AvgIpc) is 2.71. The first kappa shape index (κ1) is 11.4. The number of benzene rings is 1. The lowest BCUT2D eigenvalue weighted by atomic mass is 10.1. The van der Waals surface area contributed by atoms with E-state index in [4.69, 9.17) is 10.5 Å². The van der Waals surface area contributed by atoms with E-state index in [0.717, 1.165) is 17.1 Å². The summed E-state index contributed by atoms with van der Waals surface area (Å²) >= 11 is 0. The maximum absolute atomic E-state index is 6.04. The maximum Gasteiger partial charge on any atom is 0.151 e. The van der Waals surface area contributed by atoms with Gasteiger partial charge in [-0.1, -0.05) is 31.2 Å². The van der Waals surface area contributed by atoms with Crippen LogP contribution in [0.5, 0.6) is 5.75 Å². The fourth-order valence-corrected chi connectivity index (χ4v) is 1.69. The highest BCUT2D eigenvalue weighted by Crippen LogP contribution is 2.26. The van der Waals surface area contributed by atoms with Crippen molar-refractivity contribution >= 4 is 5.82 Å². The summed E-state index contributed by atoms with van der Waals surface area (Å²) in [7, 11) is 1.62. The second kappa shape index (κ2) is 4.45. The summed E-state index contributed by atoms with van der Waals surface area (Å²) in [5, 5.41) is 8.18. The number of methoxy groups -OCH3 is 1. The predicted molar refractivity (Wildman–Crippen MR) is 66.4 cm³/mol. The van der Waals surface area contributed by atoms with E-state index in [1.54, 1.807) is 11.8 Å². The third kappa shape index (κ3) is 1.95. The number of nitrogen functional groups attached to an aromatic ring is 1. The van der Waals surface area contributed by atoms with Crippen LogP contribution in [0.3, 0.4) is 0 Å². The zero-order chi connectivity index (χ0) is 12.4. The van der Waals surface area contributed by atoms with Gasteiger partial charge in [-0.25, -0.2) is 0 Å². The molecule has 2 aromatic rings. The fraction of sp³-hybridized carbons (Fsp3) is 0.333. The Kier molecular flexibility index (Phi) is 2.99. The number of ether oxygens (including phenoxy) is 1. The highest BCUT2D eigenvalue weighted by molar-refractivity contribution is 5.52. The summed E-state index contributed by atoms with van der Waals surface area (Å²) in [4.78, 5) is 0. The fourth-order valence-electron chi connectivity index (χ4n) is 1.69. The van der Waals surface area contributed by atoms with Crippen LogP contribution in [0.4, 0.5) is 5.82 Å². The number of hydrogen-bond donors (Lipinski definition) is 1. The van der Waals surface area contributed by atoms with Crippen molar-refractivity contribution in [3.63, 3.8) is 0 Å². The van der Waals surface area contributed by atoms with Gasteiger partial charge in [0, 0.05) is 5.92 Å². The Morgan fingerprint density at radius 1 is 1.29 bits per heavy atom. The van der Waals surface area contributed by atoms with Crippen molar-refractivity contribution in [2.75, 3.05) is 12.8 Å². The van der Waals surface area contributed by atoms with Gasteiger partial charge in [-0.05, 0) is 12.1 Å². The first-order chi connectivity index (χ1) is 8.15. The largest absolute Gasteiger partial charge is 0.494 e. The van der Waals surface area contributed by atoms with Gasteiger partial charge in [0.05, 0.1) is 7.11 Å². The van der Waals surface area contributed by atoms with E-state index in [-0.39, 0.29) is 5.92 Å².